The normalized spacial score (nSPS) is 15.7. The molecule has 0 radical (unpaired) electrons. The number of anilines is 6. The number of hydrogen-bond acceptors (Lipinski definition) is 2. The predicted octanol–water partition coefficient (Wildman–Crippen LogP) is 20.9. The molecule has 4 aliphatic carbocycles. The topological polar surface area (TPSA) is 6.48 Å². The second-order valence-corrected chi connectivity index (χ2v) is 23.5. The monoisotopic (exact) mass is 1030 g/mol. The second-order valence-electron chi connectivity index (χ2n) is 23.5. The number of hydrogen-bond donors (Lipinski definition) is 0. The zero-order valence-electron chi connectivity index (χ0n) is 46.0. The van der Waals surface area contributed by atoms with Crippen LogP contribution in [0.25, 0.3) is 66.8 Å². The van der Waals surface area contributed by atoms with Crippen molar-refractivity contribution in [3.63, 3.8) is 0 Å². The van der Waals surface area contributed by atoms with Crippen molar-refractivity contribution in [3.8, 4) is 66.8 Å². The van der Waals surface area contributed by atoms with Crippen molar-refractivity contribution in [2.45, 2.75) is 43.9 Å². The van der Waals surface area contributed by atoms with Crippen LogP contribution in [0, 0.1) is 0 Å². The minimum atomic E-state index is -0.643. The summed E-state index contributed by atoms with van der Waals surface area (Å²) in [6.45, 7) is 9.53. The van der Waals surface area contributed by atoms with Crippen molar-refractivity contribution < 1.29 is 0 Å². The van der Waals surface area contributed by atoms with Crippen molar-refractivity contribution in [2.75, 3.05) is 9.80 Å². The van der Waals surface area contributed by atoms with E-state index in [2.05, 4.69) is 317 Å². The highest BCUT2D eigenvalue weighted by Gasteiger charge is 2.53. The summed E-state index contributed by atoms with van der Waals surface area (Å²) in [5.41, 5.74) is 31.5. The first-order chi connectivity index (χ1) is 39.7. The van der Waals surface area contributed by atoms with Gasteiger partial charge in [0.1, 0.15) is 0 Å². The van der Waals surface area contributed by atoms with Gasteiger partial charge in [0.25, 0.3) is 0 Å². The number of nitrogens with zero attached hydrogens (tertiary/aromatic N) is 2. The Morgan fingerprint density at radius 1 is 0.222 bits per heavy atom. The molecule has 81 heavy (non-hydrogen) atoms. The summed E-state index contributed by atoms with van der Waals surface area (Å²) in [5, 5.41) is 0. The molecule has 4 aliphatic rings. The molecule has 0 fully saturated rings. The molecule has 2 nitrogen and oxygen atoms in total. The summed E-state index contributed by atoms with van der Waals surface area (Å²) in [6, 6.07) is 105. The van der Waals surface area contributed by atoms with Gasteiger partial charge in [-0.1, -0.05) is 252 Å². The molecule has 0 heterocycles. The van der Waals surface area contributed by atoms with Crippen LogP contribution in [0.4, 0.5) is 34.1 Å². The smallest absolute Gasteiger partial charge is 0.0727 e. The fraction of sp³-hybridized carbons (Fsp3) is 0.0886. The lowest BCUT2D eigenvalue weighted by atomic mass is 9.70. The quantitative estimate of drug-likeness (QED) is 0.150. The van der Waals surface area contributed by atoms with Crippen molar-refractivity contribution in [1.82, 2.24) is 0 Å². The van der Waals surface area contributed by atoms with Crippen LogP contribution in [0.5, 0.6) is 0 Å². The molecule has 0 bridgehead atoms. The minimum absolute atomic E-state index is 0.166. The SMILES string of the molecule is CC1(C)c2ccccc2-c2c(N(c3ccc(-c4ccccc4)cc3)c3ccc4c(c3)C3(c5ccccc5-4)c4ccccc4-c4c(N(c5ccc(-c6ccccc6)cc5)c5cccc6c5-c5ccccc5C6(C)C)cccc43)cccc21. The largest absolute Gasteiger partial charge is 0.310 e. The van der Waals surface area contributed by atoms with E-state index in [-0.39, 0.29) is 10.8 Å². The third kappa shape index (κ3) is 6.68. The summed E-state index contributed by atoms with van der Waals surface area (Å²) in [5.74, 6) is 0. The first kappa shape index (κ1) is 47.3. The van der Waals surface area contributed by atoms with Gasteiger partial charge in [-0.25, -0.2) is 0 Å². The molecule has 0 aromatic heterocycles. The van der Waals surface area contributed by atoms with Gasteiger partial charge < -0.3 is 9.80 Å². The van der Waals surface area contributed by atoms with Gasteiger partial charge in [-0.3, -0.25) is 0 Å². The van der Waals surface area contributed by atoms with Gasteiger partial charge >= 0.3 is 0 Å². The summed E-state index contributed by atoms with van der Waals surface area (Å²) in [7, 11) is 0. The van der Waals surface area contributed by atoms with Crippen molar-refractivity contribution in [3.05, 3.63) is 324 Å². The van der Waals surface area contributed by atoms with E-state index in [1.807, 2.05) is 0 Å². The van der Waals surface area contributed by atoms with E-state index in [4.69, 9.17) is 0 Å². The van der Waals surface area contributed by atoms with Gasteiger partial charge in [0.15, 0.2) is 0 Å². The van der Waals surface area contributed by atoms with Gasteiger partial charge in [0.2, 0.25) is 0 Å². The fourth-order valence-corrected chi connectivity index (χ4v) is 15.0. The molecule has 12 aromatic rings. The summed E-state index contributed by atoms with van der Waals surface area (Å²) in [4.78, 5) is 5.12. The summed E-state index contributed by atoms with van der Waals surface area (Å²) >= 11 is 0. The lowest BCUT2D eigenvalue weighted by molar-refractivity contribution is 0.660. The molecule has 384 valence electrons. The van der Waals surface area contributed by atoms with E-state index >= 15 is 0 Å². The van der Waals surface area contributed by atoms with Crippen LogP contribution < -0.4 is 9.80 Å². The van der Waals surface area contributed by atoms with Crippen LogP contribution >= 0.6 is 0 Å². The molecule has 1 spiro atoms. The van der Waals surface area contributed by atoms with E-state index in [9.17, 15) is 0 Å². The van der Waals surface area contributed by atoms with Crippen molar-refractivity contribution >= 4 is 34.1 Å². The summed E-state index contributed by atoms with van der Waals surface area (Å²) < 4.78 is 0. The maximum atomic E-state index is 2.58. The Balaban J connectivity index is 0.948. The molecule has 1 unspecified atom stereocenters. The van der Waals surface area contributed by atoms with E-state index in [1.165, 1.54) is 123 Å². The van der Waals surface area contributed by atoms with E-state index in [0.717, 1.165) is 22.7 Å². The molecular weight excluding hydrogens is 977 g/mol. The maximum Gasteiger partial charge on any atom is 0.0727 e. The lowest BCUT2D eigenvalue weighted by Gasteiger charge is -2.34. The van der Waals surface area contributed by atoms with Gasteiger partial charge in [-0.05, 0) is 149 Å². The average Bonchev–Trinajstić information content (AvgIpc) is 1.90. The molecule has 0 amide bonds. The third-order valence-corrected chi connectivity index (χ3v) is 18.7. The van der Waals surface area contributed by atoms with Crippen LogP contribution in [-0.2, 0) is 16.2 Å². The van der Waals surface area contributed by atoms with E-state index in [0.29, 0.717) is 0 Å². The lowest BCUT2D eigenvalue weighted by Crippen LogP contribution is -2.26. The molecule has 0 aliphatic heterocycles. The van der Waals surface area contributed by atoms with Crippen LogP contribution in [0.1, 0.15) is 72.2 Å². The van der Waals surface area contributed by atoms with Crippen LogP contribution in [0.2, 0.25) is 0 Å². The molecule has 1 atom stereocenters. The molecule has 12 aromatic carbocycles. The standard InChI is InChI=1S/C79H58N2/c1-77(2)63-30-15-12-27-60(63)74-67(77)34-19-37-71(74)80(55-44-40-53(41-45-55)51-22-7-5-8-23-51)57-48-49-59-58-26-11-17-32-65(58)79(70(59)50-57)66-33-18-14-29-62(66)76-69(79)36-21-39-73(76)81(56-46-42-54(43-47-56)52-24-9-6-10-25-52)72-38-20-35-68-75(72)61-28-13-16-31-64(61)78(68,3)4/h5-50H,1-4H3. The summed E-state index contributed by atoms with van der Waals surface area (Å²) in [6.07, 6.45) is 0. The zero-order valence-corrected chi connectivity index (χ0v) is 46.0. The van der Waals surface area contributed by atoms with E-state index < -0.39 is 5.41 Å². The molecule has 16 rings (SSSR count). The van der Waals surface area contributed by atoms with Gasteiger partial charge in [0.05, 0.1) is 22.5 Å². The Hall–Kier alpha value is -9.76. The highest BCUT2D eigenvalue weighted by atomic mass is 15.2. The average molecular weight is 1040 g/mol. The molecule has 0 saturated carbocycles. The van der Waals surface area contributed by atoms with Crippen LogP contribution in [-0.4, -0.2) is 0 Å². The Labute approximate surface area is 475 Å². The number of rotatable bonds is 8. The predicted molar refractivity (Wildman–Crippen MR) is 338 cm³/mol. The Morgan fingerprint density at radius 3 is 1.06 bits per heavy atom. The number of benzene rings is 12. The van der Waals surface area contributed by atoms with Crippen LogP contribution in [0.3, 0.4) is 0 Å². The third-order valence-electron chi connectivity index (χ3n) is 18.7. The Kier molecular flexibility index (Phi) is 10.3. The first-order valence-electron chi connectivity index (χ1n) is 28.6. The minimum Gasteiger partial charge on any atom is -0.310 e. The van der Waals surface area contributed by atoms with Crippen molar-refractivity contribution in [2.24, 2.45) is 0 Å². The molecule has 0 saturated heterocycles. The van der Waals surface area contributed by atoms with Crippen molar-refractivity contribution in [1.29, 1.82) is 0 Å². The molecular formula is C79H58N2. The van der Waals surface area contributed by atoms with Gasteiger partial charge in [0, 0.05) is 44.6 Å². The second kappa shape index (κ2) is 17.6. The highest BCUT2D eigenvalue weighted by Crippen LogP contribution is 2.66. The molecule has 0 N–H and O–H groups in total. The van der Waals surface area contributed by atoms with E-state index in [1.54, 1.807) is 0 Å². The molecule has 2 heteroatoms. The Morgan fingerprint density at radius 2 is 0.556 bits per heavy atom. The van der Waals surface area contributed by atoms with Gasteiger partial charge in [-0.2, -0.15) is 0 Å². The maximum absolute atomic E-state index is 2.58. The Bertz CT molecular complexity index is 4510. The zero-order chi connectivity index (χ0) is 54.2. The van der Waals surface area contributed by atoms with Crippen LogP contribution in [0.15, 0.2) is 279 Å². The first-order valence-corrected chi connectivity index (χ1v) is 28.6. The van der Waals surface area contributed by atoms with Gasteiger partial charge in [-0.15, -0.1) is 0 Å². The number of fused-ring (bicyclic) bond motifs is 16. The fourth-order valence-electron chi connectivity index (χ4n) is 15.0. The highest BCUT2D eigenvalue weighted by molar-refractivity contribution is 6.05.